The number of nitrogens with zero attached hydrogens (tertiary/aromatic N) is 3. The van der Waals surface area contributed by atoms with Gasteiger partial charge in [0.2, 0.25) is 0 Å². The number of benzene rings is 3. The molecule has 29 heavy (non-hydrogen) atoms. The number of hydrogen-bond donors (Lipinski definition) is 1. The molecule has 0 radical (unpaired) electrons. The lowest BCUT2D eigenvalue weighted by Crippen LogP contribution is -2.13. The van der Waals surface area contributed by atoms with E-state index >= 15 is 0 Å². The lowest BCUT2D eigenvalue weighted by atomic mass is 10.0. The number of hydrogen-bond acceptors (Lipinski definition) is 4. The molecule has 0 spiro atoms. The highest BCUT2D eigenvalue weighted by atomic mass is 16.5. The maximum Gasteiger partial charge on any atom is 0.259 e. The number of ether oxygens (including phenoxy) is 1. The first-order valence-electron chi connectivity index (χ1n) is 9.47. The van der Waals surface area contributed by atoms with Crippen molar-refractivity contribution in [3.05, 3.63) is 77.9 Å². The van der Waals surface area contributed by atoms with Gasteiger partial charge < -0.3 is 10.1 Å². The highest BCUT2D eigenvalue weighted by molar-refractivity contribution is 6.06. The second-order valence-electron chi connectivity index (χ2n) is 7.09. The smallest absolute Gasteiger partial charge is 0.259 e. The summed E-state index contributed by atoms with van der Waals surface area (Å²) in [5.74, 6) is 0.767. The van der Waals surface area contributed by atoms with E-state index in [1.807, 2.05) is 36.4 Å². The third-order valence-electron chi connectivity index (χ3n) is 4.78. The fourth-order valence-corrected chi connectivity index (χ4v) is 3.13. The monoisotopic (exact) mass is 386 g/mol. The lowest BCUT2D eigenvalue weighted by Gasteiger charge is -2.08. The molecule has 146 valence electrons. The largest absolute Gasteiger partial charge is 0.496 e. The van der Waals surface area contributed by atoms with E-state index in [-0.39, 0.29) is 5.91 Å². The molecule has 0 saturated heterocycles. The van der Waals surface area contributed by atoms with Crippen LogP contribution in [-0.2, 0) is 0 Å². The standard InChI is InChI=1S/C23H22N4O2/c1-15(2)16-8-11-18(12-9-16)27-25-20-13-10-17(14-21(20)26-27)24-23(28)19-6-4-5-7-22(19)29-3/h4-15H,1-3H3,(H,24,28). The van der Waals surface area contributed by atoms with Crippen LogP contribution in [0.25, 0.3) is 16.7 Å². The van der Waals surface area contributed by atoms with Gasteiger partial charge in [0, 0.05) is 5.69 Å². The number of nitrogens with one attached hydrogen (secondary N) is 1. The Morgan fingerprint density at radius 2 is 1.69 bits per heavy atom. The van der Waals surface area contributed by atoms with E-state index in [1.165, 1.54) is 5.56 Å². The van der Waals surface area contributed by atoms with E-state index in [0.717, 1.165) is 11.2 Å². The molecule has 4 rings (SSSR count). The molecule has 4 aromatic rings. The Bertz CT molecular complexity index is 1160. The summed E-state index contributed by atoms with van der Waals surface area (Å²) in [7, 11) is 1.55. The molecule has 0 atom stereocenters. The molecule has 1 amide bonds. The van der Waals surface area contributed by atoms with Crippen molar-refractivity contribution in [3.63, 3.8) is 0 Å². The summed E-state index contributed by atoms with van der Waals surface area (Å²) in [6, 6.07) is 20.8. The number of amides is 1. The fraction of sp³-hybridized carbons (Fsp3) is 0.174. The zero-order valence-corrected chi connectivity index (χ0v) is 16.6. The molecule has 0 saturated carbocycles. The van der Waals surface area contributed by atoms with Crippen LogP contribution in [-0.4, -0.2) is 28.0 Å². The summed E-state index contributed by atoms with van der Waals surface area (Å²) in [5.41, 5.74) is 4.75. The third kappa shape index (κ3) is 3.82. The number of rotatable bonds is 5. The number of carbonyl (C=O) groups excluding carboxylic acids is 1. The van der Waals surface area contributed by atoms with Crippen LogP contribution in [0.3, 0.4) is 0 Å². The summed E-state index contributed by atoms with van der Waals surface area (Å²) in [6.45, 7) is 4.33. The Kier molecular flexibility index (Phi) is 4.99. The number of anilines is 1. The van der Waals surface area contributed by atoms with Crippen LogP contribution in [0.5, 0.6) is 5.75 Å². The molecule has 0 aliphatic heterocycles. The van der Waals surface area contributed by atoms with E-state index < -0.39 is 0 Å². The highest BCUT2D eigenvalue weighted by Crippen LogP contribution is 2.22. The van der Waals surface area contributed by atoms with Gasteiger partial charge in [0.25, 0.3) is 5.91 Å². The van der Waals surface area contributed by atoms with Gasteiger partial charge in [-0.3, -0.25) is 4.79 Å². The van der Waals surface area contributed by atoms with Crippen LogP contribution < -0.4 is 10.1 Å². The molecule has 0 bridgehead atoms. The van der Waals surface area contributed by atoms with E-state index in [0.29, 0.717) is 28.4 Å². The van der Waals surface area contributed by atoms with Crippen molar-refractivity contribution in [2.45, 2.75) is 19.8 Å². The quantitative estimate of drug-likeness (QED) is 0.535. The topological polar surface area (TPSA) is 69.0 Å². The van der Waals surface area contributed by atoms with Crippen LogP contribution in [0.1, 0.15) is 35.7 Å². The van der Waals surface area contributed by atoms with Gasteiger partial charge in [-0.1, -0.05) is 38.1 Å². The Morgan fingerprint density at radius 1 is 0.966 bits per heavy atom. The van der Waals surface area contributed by atoms with Crippen molar-refractivity contribution in [2.75, 3.05) is 12.4 Å². The van der Waals surface area contributed by atoms with E-state index in [1.54, 1.807) is 30.1 Å². The van der Waals surface area contributed by atoms with Crippen molar-refractivity contribution < 1.29 is 9.53 Å². The Hall–Kier alpha value is -3.67. The SMILES string of the molecule is COc1ccccc1C(=O)Nc1ccc2nn(-c3ccc(C(C)C)cc3)nc2c1. The van der Waals surface area contributed by atoms with Gasteiger partial charge >= 0.3 is 0 Å². The summed E-state index contributed by atoms with van der Waals surface area (Å²) >= 11 is 0. The van der Waals surface area contributed by atoms with Crippen LogP contribution >= 0.6 is 0 Å². The van der Waals surface area contributed by atoms with Crippen molar-refractivity contribution in [1.82, 2.24) is 15.0 Å². The normalized spacial score (nSPS) is 11.0. The molecule has 0 aliphatic rings. The average molecular weight is 386 g/mol. The molecule has 6 heteroatoms. The zero-order chi connectivity index (χ0) is 20.4. The van der Waals surface area contributed by atoms with Crippen molar-refractivity contribution in [3.8, 4) is 11.4 Å². The number of carbonyl (C=O) groups is 1. The first-order chi connectivity index (χ1) is 14.0. The fourth-order valence-electron chi connectivity index (χ4n) is 3.13. The van der Waals surface area contributed by atoms with Gasteiger partial charge in [-0.05, 0) is 53.9 Å². The summed E-state index contributed by atoms with van der Waals surface area (Å²) in [4.78, 5) is 14.2. The molecule has 1 N–H and O–H groups in total. The molecule has 1 heterocycles. The van der Waals surface area contributed by atoms with Gasteiger partial charge in [-0.2, -0.15) is 4.80 Å². The van der Waals surface area contributed by atoms with E-state index in [2.05, 4.69) is 41.5 Å². The van der Waals surface area contributed by atoms with E-state index in [4.69, 9.17) is 4.74 Å². The van der Waals surface area contributed by atoms with Crippen molar-refractivity contribution in [1.29, 1.82) is 0 Å². The minimum Gasteiger partial charge on any atom is -0.496 e. The van der Waals surface area contributed by atoms with Crippen LogP contribution in [0.2, 0.25) is 0 Å². The summed E-state index contributed by atoms with van der Waals surface area (Å²) < 4.78 is 5.26. The number of aromatic nitrogens is 3. The predicted octanol–water partition coefficient (Wildman–Crippen LogP) is 4.80. The molecular weight excluding hydrogens is 364 g/mol. The Morgan fingerprint density at radius 3 is 2.41 bits per heavy atom. The Balaban J connectivity index is 1.59. The van der Waals surface area contributed by atoms with Gasteiger partial charge in [-0.25, -0.2) is 0 Å². The van der Waals surface area contributed by atoms with Gasteiger partial charge in [0.1, 0.15) is 16.8 Å². The van der Waals surface area contributed by atoms with Crippen LogP contribution in [0.15, 0.2) is 66.7 Å². The van der Waals surface area contributed by atoms with Gasteiger partial charge in [0.15, 0.2) is 0 Å². The lowest BCUT2D eigenvalue weighted by molar-refractivity contribution is 0.102. The molecule has 3 aromatic carbocycles. The second-order valence-corrected chi connectivity index (χ2v) is 7.09. The third-order valence-corrected chi connectivity index (χ3v) is 4.78. The molecule has 0 unspecified atom stereocenters. The first kappa shape index (κ1) is 18.7. The zero-order valence-electron chi connectivity index (χ0n) is 16.6. The van der Waals surface area contributed by atoms with E-state index in [9.17, 15) is 4.79 Å². The minimum absolute atomic E-state index is 0.238. The molecule has 6 nitrogen and oxygen atoms in total. The molecule has 0 aliphatic carbocycles. The highest BCUT2D eigenvalue weighted by Gasteiger charge is 2.13. The number of para-hydroxylation sites is 1. The number of methoxy groups -OCH3 is 1. The van der Waals surface area contributed by atoms with Crippen LogP contribution in [0.4, 0.5) is 5.69 Å². The maximum absolute atomic E-state index is 12.6. The molecular formula is C23H22N4O2. The van der Waals surface area contributed by atoms with Crippen molar-refractivity contribution in [2.24, 2.45) is 0 Å². The average Bonchev–Trinajstić information content (AvgIpc) is 3.17. The van der Waals surface area contributed by atoms with Crippen LogP contribution in [0, 0.1) is 0 Å². The first-order valence-corrected chi connectivity index (χ1v) is 9.47. The number of fused-ring (bicyclic) bond motifs is 1. The summed E-state index contributed by atoms with van der Waals surface area (Å²) in [5, 5.41) is 12.0. The molecule has 0 fully saturated rings. The van der Waals surface area contributed by atoms with Gasteiger partial charge in [0.05, 0.1) is 18.4 Å². The maximum atomic E-state index is 12.6. The molecule has 1 aromatic heterocycles. The minimum atomic E-state index is -0.238. The summed E-state index contributed by atoms with van der Waals surface area (Å²) in [6.07, 6.45) is 0. The van der Waals surface area contributed by atoms with Gasteiger partial charge in [-0.15, -0.1) is 10.2 Å². The van der Waals surface area contributed by atoms with Crippen molar-refractivity contribution >= 4 is 22.6 Å². The predicted molar refractivity (Wildman–Crippen MR) is 114 cm³/mol. The second kappa shape index (κ2) is 7.75. The Labute approximate surface area is 169 Å².